The van der Waals surface area contributed by atoms with Gasteiger partial charge in [-0.1, -0.05) is 15.9 Å². The smallest absolute Gasteiger partial charge is 0.312 e. The number of benzene rings is 1. The Morgan fingerprint density at radius 1 is 1.53 bits per heavy atom. The van der Waals surface area contributed by atoms with Gasteiger partial charge in [0.1, 0.15) is 0 Å². The number of hydrogen-bond acceptors (Lipinski definition) is 5. The van der Waals surface area contributed by atoms with E-state index in [-0.39, 0.29) is 18.1 Å². The SMILES string of the molecule is Cl.NCC[C@@H](N)c1cc(Br)cc([N+](=O)[O-])c1O. The minimum atomic E-state index is -0.654. The van der Waals surface area contributed by atoms with Crippen molar-refractivity contribution in [2.24, 2.45) is 11.5 Å². The minimum Gasteiger partial charge on any atom is -0.502 e. The molecule has 1 rings (SSSR count). The maximum absolute atomic E-state index is 10.7. The molecular weight excluding hydrogens is 313 g/mol. The molecule has 5 N–H and O–H groups in total. The maximum atomic E-state index is 10.7. The molecule has 1 aromatic carbocycles. The summed E-state index contributed by atoms with van der Waals surface area (Å²) in [6, 6.07) is 2.28. The average molecular weight is 327 g/mol. The Hall–Kier alpha value is -0.890. The van der Waals surface area contributed by atoms with Crippen LogP contribution in [0.5, 0.6) is 5.75 Å². The van der Waals surface area contributed by atoms with Gasteiger partial charge in [-0.05, 0) is 19.0 Å². The molecule has 1 aromatic rings. The van der Waals surface area contributed by atoms with E-state index in [1.165, 1.54) is 6.07 Å². The predicted molar refractivity (Wildman–Crippen MR) is 70.3 cm³/mol. The van der Waals surface area contributed by atoms with Crippen LogP contribution in [0.15, 0.2) is 16.6 Å². The van der Waals surface area contributed by atoms with Gasteiger partial charge < -0.3 is 16.6 Å². The van der Waals surface area contributed by atoms with E-state index in [9.17, 15) is 15.2 Å². The zero-order chi connectivity index (χ0) is 12.3. The molecule has 0 fully saturated rings. The fourth-order valence-electron chi connectivity index (χ4n) is 1.36. The van der Waals surface area contributed by atoms with E-state index in [0.717, 1.165) is 0 Å². The molecule has 8 heteroatoms. The number of phenols is 1. The van der Waals surface area contributed by atoms with E-state index < -0.39 is 16.7 Å². The summed E-state index contributed by atoms with van der Waals surface area (Å²) in [7, 11) is 0. The number of hydrogen-bond donors (Lipinski definition) is 3. The minimum absolute atomic E-state index is 0. The van der Waals surface area contributed by atoms with E-state index >= 15 is 0 Å². The van der Waals surface area contributed by atoms with Crippen molar-refractivity contribution < 1.29 is 10.0 Å². The van der Waals surface area contributed by atoms with Gasteiger partial charge in [0.2, 0.25) is 0 Å². The summed E-state index contributed by atoms with van der Waals surface area (Å²) >= 11 is 3.13. The van der Waals surface area contributed by atoms with Crippen LogP contribution in [0.25, 0.3) is 0 Å². The van der Waals surface area contributed by atoms with Gasteiger partial charge in [-0.15, -0.1) is 12.4 Å². The molecule has 0 aromatic heterocycles. The third-order valence-electron chi connectivity index (χ3n) is 2.16. The molecule has 0 unspecified atom stereocenters. The molecule has 0 bridgehead atoms. The van der Waals surface area contributed by atoms with Gasteiger partial charge in [0, 0.05) is 22.1 Å². The lowest BCUT2D eigenvalue weighted by Gasteiger charge is -2.12. The van der Waals surface area contributed by atoms with Crippen LogP contribution in [-0.4, -0.2) is 16.6 Å². The first-order valence-corrected chi connectivity index (χ1v) is 5.39. The second kappa shape index (κ2) is 6.75. The lowest BCUT2D eigenvalue weighted by molar-refractivity contribution is -0.386. The molecule has 0 aliphatic carbocycles. The first-order valence-electron chi connectivity index (χ1n) is 4.59. The zero-order valence-corrected chi connectivity index (χ0v) is 11.2. The highest BCUT2D eigenvalue weighted by Gasteiger charge is 2.21. The molecule has 1 atom stereocenters. The molecule has 0 amide bonds. The van der Waals surface area contributed by atoms with E-state index in [0.29, 0.717) is 23.0 Å². The van der Waals surface area contributed by atoms with Crippen molar-refractivity contribution >= 4 is 34.0 Å². The fraction of sp³-hybridized carbons (Fsp3) is 0.333. The van der Waals surface area contributed by atoms with E-state index in [2.05, 4.69) is 15.9 Å². The standard InChI is InChI=1S/C9H12BrN3O3.ClH/c10-5-3-6(7(12)1-2-11)9(14)8(4-5)13(15)16;/h3-4,7,14H,1-2,11-12H2;1H/t7-;/m1./s1. The molecule has 0 spiro atoms. The van der Waals surface area contributed by atoms with Crippen LogP contribution in [0, 0.1) is 10.1 Å². The van der Waals surface area contributed by atoms with Crippen LogP contribution in [-0.2, 0) is 0 Å². The number of rotatable bonds is 4. The second-order valence-corrected chi connectivity index (χ2v) is 4.22. The van der Waals surface area contributed by atoms with Crippen molar-refractivity contribution in [2.75, 3.05) is 6.54 Å². The number of halogens is 2. The Balaban J connectivity index is 0.00000256. The average Bonchev–Trinajstić information content (AvgIpc) is 2.20. The van der Waals surface area contributed by atoms with Crippen LogP contribution in [0.2, 0.25) is 0 Å². The van der Waals surface area contributed by atoms with Crippen LogP contribution in [0.1, 0.15) is 18.0 Å². The quantitative estimate of drug-likeness (QED) is 0.576. The van der Waals surface area contributed by atoms with Crippen LogP contribution < -0.4 is 11.5 Å². The van der Waals surface area contributed by atoms with Crippen LogP contribution >= 0.6 is 28.3 Å². The molecule has 0 saturated heterocycles. The van der Waals surface area contributed by atoms with E-state index in [1.54, 1.807) is 6.07 Å². The number of nitrogens with zero attached hydrogens (tertiary/aromatic N) is 1. The molecule has 6 nitrogen and oxygen atoms in total. The summed E-state index contributed by atoms with van der Waals surface area (Å²) in [5, 5.41) is 20.4. The summed E-state index contributed by atoms with van der Waals surface area (Å²) in [4.78, 5) is 10.0. The van der Waals surface area contributed by atoms with Gasteiger partial charge in [0.05, 0.1) is 4.92 Å². The first-order chi connectivity index (χ1) is 7.47. The van der Waals surface area contributed by atoms with Crippen LogP contribution in [0.4, 0.5) is 5.69 Å². The molecule has 0 aliphatic heterocycles. The maximum Gasteiger partial charge on any atom is 0.312 e. The first kappa shape index (κ1) is 16.1. The molecule has 17 heavy (non-hydrogen) atoms. The lowest BCUT2D eigenvalue weighted by Crippen LogP contribution is -2.15. The van der Waals surface area contributed by atoms with Gasteiger partial charge in [0.15, 0.2) is 5.75 Å². The summed E-state index contributed by atoms with van der Waals surface area (Å²) in [6.45, 7) is 0.348. The third kappa shape index (κ3) is 3.81. The number of phenolic OH excluding ortho intramolecular Hbond substituents is 1. The largest absolute Gasteiger partial charge is 0.502 e. The second-order valence-electron chi connectivity index (χ2n) is 3.30. The van der Waals surface area contributed by atoms with Crippen molar-refractivity contribution in [3.8, 4) is 5.75 Å². The predicted octanol–water partition coefficient (Wildman–Crippen LogP) is 1.83. The Labute approximate surface area is 113 Å². The summed E-state index contributed by atoms with van der Waals surface area (Å²) < 4.78 is 0.500. The molecule has 0 saturated carbocycles. The van der Waals surface area contributed by atoms with E-state index in [1.807, 2.05) is 0 Å². The van der Waals surface area contributed by atoms with Crippen molar-refractivity contribution in [3.63, 3.8) is 0 Å². The number of nitro groups is 1. The van der Waals surface area contributed by atoms with Crippen molar-refractivity contribution in [2.45, 2.75) is 12.5 Å². The normalized spacial score (nSPS) is 11.7. The molecule has 96 valence electrons. The molecular formula is C9H13BrClN3O3. The van der Waals surface area contributed by atoms with Gasteiger partial charge >= 0.3 is 5.69 Å². The highest BCUT2D eigenvalue weighted by molar-refractivity contribution is 9.10. The summed E-state index contributed by atoms with van der Waals surface area (Å²) in [5.41, 5.74) is 11.1. The molecule has 0 radical (unpaired) electrons. The number of nitrogens with two attached hydrogens (primary N) is 2. The third-order valence-corrected chi connectivity index (χ3v) is 2.62. The number of aromatic hydroxyl groups is 1. The summed E-state index contributed by atoms with van der Waals surface area (Å²) in [5.74, 6) is -0.394. The van der Waals surface area contributed by atoms with Gasteiger partial charge in [-0.2, -0.15) is 0 Å². The fourth-order valence-corrected chi connectivity index (χ4v) is 1.83. The summed E-state index contributed by atoms with van der Waals surface area (Å²) in [6.07, 6.45) is 0.446. The molecule has 0 aliphatic rings. The monoisotopic (exact) mass is 325 g/mol. The Bertz CT molecular complexity index is 417. The van der Waals surface area contributed by atoms with E-state index in [4.69, 9.17) is 11.5 Å². The van der Waals surface area contributed by atoms with Gasteiger partial charge in [-0.25, -0.2) is 0 Å². The van der Waals surface area contributed by atoms with Crippen LogP contribution in [0.3, 0.4) is 0 Å². The van der Waals surface area contributed by atoms with Crippen molar-refractivity contribution in [1.29, 1.82) is 0 Å². The highest BCUT2D eigenvalue weighted by atomic mass is 79.9. The Kier molecular flexibility index (Phi) is 6.40. The topological polar surface area (TPSA) is 115 Å². The number of nitro benzene ring substituents is 1. The van der Waals surface area contributed by atoms with Crippen molar-refractivity contribution in [3.05, 3.63) is 32.3 Å². The lowest BCUT2D eigenvalue weighted by atomic mass is 10.0. The van der Waals surface area contributed by atoms with Gasteiger partial charge in [-0.3, -0.25) is 10.1 Å². The zero-order valence-electron chi connectivity index (χ0n) is 8.80. The highest BCUT2D eigenvalue weighted by Crippen LogP contribution is 2.36. The van der Waals surface area contributed by atoms with Gasteiger partial charge in [0.25, 0.3) is 0 Å². The Morgan fingerprint density at radius 3 is 2.59 bits per heavy atom. The van der Waals surface area contributed by atoms with Crippen molar-refractivity contribution in [1.82, 2.24) is 0 Å². The molecule has 0 heterocycles. The Morgan fingerprint density at radius 2 is 2.12 bits per heavy atom.